The molecule has 0 rings (SSSR count). The Bertz CT molecular complexity index is 14.0. The van der Waals surface area contributed by atoms with E-state index in [1.807, 2.05) is 6.92 Å². The van der Waals surface area contributed by atoms with Crippen molar-refractivity contribution < 1.29 is 0 Å². The van der Waals surface area contributed by atoms with Crippen LogP contribution in [-0.2, 0) is 0 Å². The van der Waals surface area contributed by atoms with Crippen LogP contribution in [0.15, 0.2) is 25.8 Å². The van der Waals surface area contributed by atoms with Gasteiger partial charge in [0.05, 0.1) is 0 Å². The lowest BCUT2D eigenvalue weighted by Crippen LogP contribution is -1.07. The predicted octanol–water partition coefficient (Wildman–Crippen LogP) is 13.4. The molecular formula is C23H82. The number of hydrogen-bond acceptors (Lipinski definition) is 0. The summed E-state index contributed by atoms with van der Waals surface area (Å²) in [6, 6.07) is 0. The first-order valence-electron chi connectivity index (χ1n) is 1.49. The van der Waals surface area contributed by atoms with Crippen LogP contribution in [0.25, 0.3) is 0 Å². The van der Waals surface area contributed by atoms with Crippen LogP contribution in [0.3, 0.4) is 0 Å². The molecule has 0 aliphatic rings. The van der Waals surface area contributed by atoms with Crippen LogP contribution in [0, 0.1) is 0 Å². The van der Waals surface area contributed by atoms with Gasteiger partial charge in [0.1, 0.15) is 0 Å². The minimum Gasteiger partial charge on any atom is -0.106 e. The Morgan fingerprint density at radius 2 is 0.348 bits per heavy atom. The van der Waals surface area contributed by atoms with Gasteiger partial charge in [0, 0.05) is 0 Å². The molecule has 0 aliphatic carbocycles. The van der Waals surface area contributed by atoms with Gasteiger partial charge in [-0.1, -0.05) is 140 Å². The molecule has 0 aromatic heterocycles. The Balaban J connectivity index is -0.000000000246. The van der Waals surface area contributed by atoms with Crippen LogP contribution in [0.1, 0.15) is 141 Å². The third-order valence-electron chi connectivity index (χ3n) is 0. The van der Waals surface area contributed by atoms with Crippen molar-refractivity contribution in [2.75, 3.05) is 0 Å². The van der Waals surface area contributed by atoms with Gasteiger partial charge in [-0.15, -0.1) is 19.7 Å². The largest absolute Gasteiger partial charge is 0.106 e. The molecule has 0 saturated carbocycles. The maximum absolute atomic E-state index is 3.36. The molecule has 0 aromatic rings. The van der Waals surface area contributed by atoms with Crippen LogP contribution in [0.4, 0.5) is 0 Å². The van der Waals surface area contributed by atoms with Gasteiger partial charge in [0.2, 0.25) is 0 Å². The first-order valence-corrected chi connectivity index (χ1v) is 1.49. The second-order valence-electron chi connectivity index (χ2n) is 0.408. The molecule has 0 heteroatoms. The van der Waals surface area contributed by atoms with Crippen molar-refractivity contribution in [2.24, 2.45) is 0 Å². The highest BCUT2D eigenvalue weighted by molar-refractivity contribution is 4.51. The quantitative estimate of drug-likeness (QED) is 0.377. The average molecular weight is 359 g/mol. The summed E-state index contributed by atoms with van der Waals surface area (Å²) in [5.74, 6) is 0. The van der Waals surface area contributed by atoms with Gasteiger partial charge in [-0.25, -0.2) is 0 Å². The van der Waals surface area contributed by atoms with E-state index < -0.39 is 0 Å². The first-order chi connectivity index (χ1) is 2.41. The second-order valence-corrected chi connectivity index (χ2v) is 0.408. The fourth-order valence-corrected chi connectivity index (χ4v) is 0. The summed E-state index contributed by atoms with van der Waals surface area (Å²) in [5.41, 5.74) is 0. The number of allylic oxidation sites excluding steroid dienone is 1. The van der Waals surface area contributed by atoms with Gasteiger partial charge in [-0.3, -0.25) is 0 Å². The molecule has 0 radical (unpaired) electrons. The van der Waals surface area contributed by atoms with E-state index in [9.17, 15) is 0 Å². The molecule has 0 heterocycles. The molecule has 0 amide bonds. The van der Waals surface area contributed by atoms with Crippen LogP contribution in [0.5, 0.6) is 0 Å². The Morgan fingerprint density at radius 3 is 0.348 bits per heavy atom. The smallest absolute Gasteiger partial charge is 0.0473 e. The van der Waals surface area contributed by atoms with Crippen molar-refractivity contribution in [3.63, 3.8) is 0 Å². The maximum Gasteiger partial charge on any atom is -0.0473 e. The van der Waals surface area contributed by atoms with E-state index >= 15 is 0 Å². The van der Waals surface area contributed by atoms with E-state index in [2.05, 4.69) is 19.7 Å². The summed E-state index contributed by atoms with van der Waals surface area (Å²) in [7, 11) is 0. The van der Waals surface area contributed by atoms with E-state index in [0.717, 1.165) is 0 Å². The zero-order valence-electron chi connectivity index (χ0n) is 3.70. The predicted molar refractivity (Wildman–Crippen MR) is 148 cm³/mol. The molecule has 0 aliphatic heterocycles. The molecule has 0 atom stereocenters. The molecule has 0 unspecified atom stereocenters. The average Bonchev–Trinajstić information content (AvgIpc) is 1.46. The lowest BCUT2D eigenvalue weighted by atomic mass is 10.8. The van der Waals surface area contributed by atoms with E-state index in [1.54, 1.807) is 6.08 Å². The molecule has 23 heavy (non-hydrogen) atoms. The SMILES string of the molecule is C.C.C.C.C.C.C.C.C.C.C.C.C.C.C.C.C.C.C=C.C=CC. The fourth-order valence-electron chi connectivity index (χ4n) is 0. The van der Waals surface area contributed by atoms with Gasteiger partial charge < -0.3 is 0 Å². The van der Waals surface area contributed by atoms with Crippen LogP contribution < -0.4 is 0 Å². The summed E-state index contributed by atoms with van der Waals surface area (Å²) in [6.45, 7) is 11.2. The Morgan fingerprint density at radius 1 is 0.348 bits per heavy atom. The first kappa shape index (κ1) is 1690. The van der Waals surface area contributed by atoms with Crippen molar-refractivity contribution in [3.8, 4) is 0 Å². The Labute approximate surface area is 166 Å². The van der Waals surface area contributed by atoms with Crippen molar-refractivity contribution >= 4 is 0 Å². The zero-order chi connectivity index (χ0) is 4.71. The van der Waals surface area contributed by atoms with E-state index in [4.69, 9.17) is 0 Å². The summed E-state index contributed by atoms with van der Waals surface area (Å²) >= 11 is 0. The van der Waals surface area contributed by atoms with Crippen LogP contribution in [-0.4, -0.2) is 0 Å². The standard InChI is InChI=1S/C3H6.C2H4.18CH4/c1-3-2;1-2;;;;;;;;;;;;;;;;;;/h3H,1H2,2H3;1-2H2;18*1H4. The van der Waals surface area contributed by atoms with Gasteiger partial charge in [-0.05, 0) is 6.92 Å². The minimum atomic E-state index is 0. The number of rotatable bonds is 0. The van der Waals surface area contributed by atoms with Gasteiger partial charge in [-0.2, -0.15) is 0 Å². The van der Waals surface area contributed by atoms with Crippen molar-refractivity contribution in [3.05, 3.63) is 25.8 Å². The van der Waals surface area contributed by atoms with Gasteiger partial charge >= 0.3 is 0 Å². The summed E-state index contributed by atoms with van der Waals surface area (Å²) in [4.78, 5) is 0. The zero-order valence-corrected chi connectivity index (χ0v) is 3.70. The molecular weight excluding hydrogens is 276 g/mol. The van der Waals surface area contributed by atoms with Crippen molar-refractivity contribution in [1.29, 1.82) is 0 Å². The molecule has 0 bridgehead atoms. The van der Waals surface area contributed by atoms with E-state index in [0.29, 0.717) is 0 Å². The normalized spacial score (nSPS) is 0.739. The lowest BCUT2D eigenvalue weighted by molar-refractivity contribution is 1.80. The van der Waals surface area contributed by atoms with Crippen molar-refractivity contribution in [2.45, 2.75) is 141 Å². The molecule has 174 valence electrons. The molecule has 0 fully saturated rings. The number of hydrogen-bond donors (Lipinski definition) is 0. The highest BCUT2D eigenvalue weighted by atomic mass is 13.2. The molecule has 0 saturated heterocycles. The van der Waals surface area contributed by atoms with Gasteiger partial charge in [0.15, 0.2) is 0 Å². The molecule has 0 aromatic carbocycles. The molecule has 0 spiro atoms. The molecule has 0 N–H and O–H groups in total. The summed E-state index contributed by atoms with van der Waals surface area (Å²) in [5, 5.41) is 0. The van der Waals surface area contributed by atoms with Crippen LogP contribution >= 0.6 is 0 Å². The Kier molecular flexibility index (Phi) is 2870000. The monoisotopic (exact) mass is 359 g/mol. The molecule has 0 nitrogen and oxygen atoms in total. The summed E-state index contributed by atoms with van der Waals surface area (Å²) < 4.78 is 0. The summed E-state index contributed by atoms with van der Waals surface area (Å²) in [6.07, 6.45) is 1.75. The topological polar surface area (TPSA) is 0 Å². The van der Waals surface area contributed by atoms with Crippen LogP contribution in [0.2, 0.25) is 0 Å². The second kappa shape index (κ2) is 39100. The third-order valence-corrected chi connectivity index (χ3v) is 0. The minimum absolute atomic E-state index is 0. The maximum atomic E-state index is 3.36. The highest BCUT2D eigenvalue weighted by Crippen LogP contribution is 1.38. The fraction of sp³-hybridized carbons (Fsp3) is 0.826. The van der Waals surface area contributed by atoms with Crippen molar-refractivity contribution in [1.82, 2.24) is 0 Å². The van der Waals surface area contributed by atoms with E-state index in [-0.39, 0.29) is 134 Å². The lowest BCUT2D eigenvalue weighted by Gasteiger charge is -1.31. The van der Waals surface area contributed by atoms with Gasteiger partial charge in [0.25, 0.3) is 0 Å². The third kappa shape index (κ3) is 30100. The Hall–Kier alpha value is -0.520. The van der Waals surface area contributed by atoms with E-state index in [1.165, 1.54) is 0 Å². The highest BCUT2D eigenvalue weighted by Gasteiger charge is 1.15.